The van der Waals surface area contributed by atoms with Crippen molar-refractivity contribution in [3.8, 4) is 51.0 Å². The van der Waals surface area contributed by atoms with Gasteiger partial charge in [-0.3, -0.25) is 0 Å². The molecule has 11 rings (SSSR count). The summed E-state index contributed by atoms with van der Waals surface area (Å²) in [5.74, 6) is 2.31. The molecule has 0 unspecified atom stereocenters. The topological polar surface area (TPSA) is 39.9 Å². The second-order valence-electron chi connectivity index (χ2n) is 13.8. The van der Waals surface area contributed by atoms with E-state index in [4.69, 9.17) is 14.7 Å². The van der Waals surface area contributed by atoms with E-state index < -0.39 is 0 Å². The van der Waals surface area contributed by atoms with E-state index in [2.05, 4.69) is 140 Å². The highest BCUT2D eigenvalue weighted by atomic mass is 16.5. The van der Waals surface area contributed by atoms with E-state index in [0.717, 1.165) is 55.7 Å². The highest BCUT2D eigenvalue weighted by Crippen LogP contribution is 2.51. The number of ether oxygens (including phenoxy) is 1. The number of rotatable bonds is 2. The quantitative estimate of drug-likeness (QED) is 0.179. The molecule has 2 aliphatic rings. The fourth-order valence-electron chi connectivity index (χ4n) is 8.44. The maximum Gasteiger partial charge on any atom is 0.160 e. The molecule has 0 saturated heterocycles. The highest BCUT2D eigenvalue weighted by molar-refractivity contribution is 6.14. The third-order valence-electron chi connectivity index (χ3n) is 10.8. The van der Waals surface area contributed by atoms with Crippen LogP contribution in [0.25, 0.3) is 82.9 Å². The van der Waals surface area contributed by atoms with Gasteiger partial charge in [-0.15, -0.1) is 0 Å². The minimum absolute atomic E-state index is 0.0921. The van der Waals surface area contributed by atoms with E-state index in [1.807, 2.05) is 18.2 Å². The standard InChI is InChI=1S/C45H29N3O/c1-45(2)35-19-8-5-16-30(35)33-24-34-31-17-6-9-20-37(31)48(38(34)25-36(33)45)28-14-11-13-27(22-28)44-46-42-29-15-4-3-12-26(29)23-40-41(42)43(47-44)32-18-7-10-21-39(32)49-40/h3-25H,1-2H3. The third-order valence-corrected chi connectivity index (χ3v) is 10.8. The lowest BCUT2D eigenvalue weighted by atomic mass is 9.82. The molecule has 1 aliphatic carbocycles. The summed E-state index contributed by atoms with van der Waals surface area (Å²) in [6, 6.07) is 49.8. The summed E-state index contributed by atoms with van der Waals surface area (Å²) >= 11 is 0. The Labute approximate surface area is 282 Å². The van der Waals surface area contributed by atoms with Gasteiger partial charge in [-0.2, -0.15) is 0 Å². The third kappa shape index (κ3) is 3.58. The Bertz CT molecular complexity index is 2900. The van der Waals surface area contributed by atoms with Crippen molar-refractivity contribution < 1.29 is 4.74 Å². The number of aromatic nitrogens is 3. The van der Waals surface area contributed by atoms with Gasteiger partial charge in [0.05, 0.1) is 27.6 Å². The Kier molecular flexibility index (Phi) is 5.15. The van der Waals surface area contributed by atoms with Crippen molar-refractivity contribution in [2.24, 2.45) is 0 Å². The summed E-state index contributed by atoms with van der Waals surface area (Å²) in [6.45, 7) is 4.69. The Morgan fingerprint density at radius 1 is 0.551 bits per heavy atom. The molecule has 0 spiro atoms. The van der Waals surface area contributed by atoms with Crippen molar-refractivity contribution in [3.63, 3.8) is 0 Å². The average molecular weight is 628 g/mol. The second kappa shape index (κ2) is 9.42. The highest BCUT2D eigenvalue weighted by Gasteiger charge is 2.36. The molecule has 1 aliphatic heterocycles. The normalized spacial score (nSPS) is 13.8. The molecule has 0 bridgehead atoms. The number of para-hydroxylation sites is 2. The van der Waals surface area contributed by atoms with Crippen LogP contribution in [-0.2, 0) is 5.41 Å². The van der Waals surface area contributed by atoms with E-state index >= 15 is 0 Å². The lowest BCUT2D eigenvalue weighted by molar-refractivity contribution is 0.487. The molecule has 0 amide bonds. The van der Waals surface area contributed by atoms with E-state index in [1.54, 1.807) is 0 Å². The summed E-state index contributed by atoms with van der Waals surface area (Å²) in [5.41, 5.74) is 12.5. The van der Waals surface area contributed by atoms with Gasteiger partial charge in [0.15, 0.2) is 5.82 Å². The van der Waals surface area contributed by atoms with Gasteiger partial charge in [0.25, 0.3) is 0 Å². The van der Waals surface area contributed by atoms with Crippen LogP contribution >= 0.6 is 0 Å². The Morgan fingerprint density at radius 2 is 1.33 bits per heavy atom. The molecule has 0 atom stereocenters. The fraction of sp³-hybridized carbons (Fsp3) is 0.0667. The zero-order valence-corrected chi connectivity index (χ0v) is 27.0. The van der Waals surface area contributed by atoms with Gasteiger partial charge in [0.2, 0.25) is 0 Å². The van der Waals surface area contributed by atoms with E-state index in [0.29, 0.717) is 5.82 Å². The molecule has 7 aromatic carbocycles. The van der Waals surface area contributed by atoms with Gasteiger partial charge < -0.3 is 9.30 Å². The molecule has 0 radical (unpaired) electrons. The maximum absolute atomic E-state index is 6.44. The minimum atomic E-state index is -0.0921. The van der Waals surface area contributed by atoms with E-state index in [1.165, 1.54) is 44.1 Å². The molecule has 0 fully saturated rings. The average Bonchev–Trinajstić information content (AvgIpc) is 3.59. The van der Waals surface area contributed by atoms with Gasteiger partial charge in [0.1, 0.15) is 11.5 Å². The molecule has 49 heavy (non-hydrogen) atoms. The molecule has 4 heteroatoms. The monoisotopic (exact) mass is 627 g/mol. The van der Waals surface area contributed by atoms with E-state index in [-0.39, 0.29) is 5.41 Å². The number of hydrogen-bond acceptors (Lipinski definition) is 3. The summed E-state index contributed by atoms with van der Waals surface area (Å²) in [4.78, 5) is 10.6. The molecular weight excluding hydrogens is 599 g/mol. The second-order valence-corrected chi connectivity index (χ2v) is 13.8. The van der Waals surface area contributed by atoms with Crippen LogP contribution in [0.15, 0.2) is 140 Å². The van der Waals surface area contributed by atoms with Gasteiger partial charge in [0, 0.05) is 38.4 Å². The van der Waals surface area contributed by atoms with Crippen LogP contribution in [-0.4, -0.2) is 14.5 Å². The first-order valence-corrected chi connectivity index (χ1v) is 16.8. The van der Waals surface area contributed by atoms with Crippen molar-refractivity contribution in [3.05, 3.63) is 151 Å². The number of nitrogens with zero attached hydrogens (tertiary/aromatic N) is 3. The summed E-state index contributed by atoms with van der Waals surface area (Å²) in [6.07, 6.45) is 0. The Balaban J connectivity index is 1.17. The van der Waals surface area contributed by atoms with Crippen LogP contribution < -0.4 is 4.74 Å². The number of fused-ring (bicyclic) bond motifs is 10. The van der Waals surface area contributed by atoms with E-state index in [9.17, 15) is 0 Å². The van der Waals surface area contributed by atoms with Crippen molar-refractivity contribution in [1.29, 1.82) is 0 Å². The van der Waals surface area contributed by atoms with Crippen LogP contribution in [0.5, 0.6) is 11.5 Å². The lowest BCUT2D eigenvalue weighted by Crippen LogP contribution is -2.14. The van der Waals surface area contributed by atoms with Gasteiger partial charge >= 0.3 is 0 Å². The first kappa shape index (κ1) is 26.8. The Hall–Kier alpha value is -6.26. The summed E-state index contributed by atoms with van der Waals surface area (Å²) in [5, 5.41) is 5.64. The van der Waals surface area contributed by atoms with Crippen LogP contribution in [0.3, 0.4) is 0 Å². The first-order valence-electron chi connectivity index (χ1n) is 16.8. The molecule has 0 saturated carbocycles. The van der Waals surface area contributed by atoms with Gasteiger partial charge in [-0.25, -0.2) is 9.97 Å². The zero-order valence-electron chi connectivity index (χ0n) is 27.0. The predicted molar refractivity (Wildman–Crippen MR) is 200 cm³/mol. The molecule has 0 N–H and O–H groups in total. The van der Waals surface area contributed by atoms with Crippen LogP contribution in [0, 0.1) is 0 Å². The predicted octanol–water partition coefficient (Wildman–Crippen LogP) is 11.6. The zero-order chi connectivity index (χ0) is 32.4. The largest absolute Gasteiger partial charge is 0.456 e. The molecule has 9 aromatic rings. The molecule has 3 heterocycles. The molecular formula is C45H29N3O. The van der Waals surface area contributed by atoms with Crippen LogP contribution in [0.4, 0.5) is 0 Å². The number of hydrogen-bond donors (Lipinski definition) is 0. The van der Waals surface area contributed by atoms with Gasteiger partial charge in [-0.05, 0) is 76.2 Å². The van der Waals surface area contributed by atoms with Crippen LogP contribution in [0.1, 0.15) is 25.0 Å². The van der Waals surface area contributed by atoms with Crippen molar-refractivity contribution in [2.75, 3.05) is 0 Å². The molecule has 2 aromatic heterocycles. The first-order chi connectivity index (χ1) is 24.0. The minimum Gasteiger partial charge on any atom is -0.456 e. The Morgan fingerprint density at radius 3 is 2.24 bits per heavy atom. The SMILES string of the molecule is CC1(C)c2ccccc2-c2cc3c4ccccc4n(-c4cccc(-c5nc6c7c(cc8ccccc8c7n5)Oc5ccccc5-6)c4)c3cc21. The smallest absolute Gasteiger partial charge is 0.160 e. The summed E-state index contributed by atoms with van der Waals surface area (Å²) in [7, 11) is 0. The van der Waals surface area contributed by atoms with Crippen molar-refractivity contribution >= 4 is 43.5 Å². The van der Waals surface area contributed by atoms with Gasteiger partial charge in [-0.1, -0.05) is 105 Å². The van der Waals surface area contributed by atoms with Crippen molar-refractivity contribution in [2.45, 2.75) is 19.3 Å². The number of benzene rings is 7. The fourth-order valence-corrected chi connectivity index (χ4v) is 8.44. The van der Waals surface area contributed by atoms with Crippen molar-refractivity contribution in [1.82, 2.24) is 14.5 Å². The molecule has 230 valence electrons. The lowest BCUT2D eigenvalue weighted by Gasteiger charge is -2.22. The molecule has 4 nitrogen and oxygen atoms in total. The maximum atomic E-state index is 6.44. The summed E-state index contributed by atoms with van der Waals surface area (Å²) < 4.78 is 8.85. The van der Waals surface area contributed by atoms with Crippen LogP contribution in [0.2, 0.25) is 0 Å².